The van der Waals surface area contributed by atoms with Crippen LogP contribution in [-0.4, -0.2) is 5.78 Å². The van der Waals surface area contributed by atoms with Crippen LogP contribution >= 0.6 is 0 Å². The van der Waals surface area contributed by atoms with Crippen LogP contribution in [0.15, 0.2) is 0 Å². The average Bonchev–Trinajstić information content (AvgIpc) is 2.36. The van der Waals surface area contributed by atoms with Crippen LogP contribution in [0.4, 0.5) is 0 Å². The van der Waals surface area contributed by atoms with Crippen molar-refractivity contribution in [2.75, 3.05) is 0 Å². The monoisotopic (exact) mass is 260 g/mol. The molecule has 0 aromatic heterocycles. The second kappa shape index (κ2) is 5.33. The Hall–Kier alpha value is -1.35. The molecule has 104 valence electrons. The quantitative estimate of drug-likeness (QED) is 0.718. The highest BCUT2D eigenvalue weighted by Gasteiger charge is 2.55. The first-order valence-corrected chi connectivity index (χ1v) is 7.13. The zero-order valence-electron chi connectivity index (χ0n) is 12.5. The van der Waals surface area contributed by atoms with E-state index in [1.807, 2.05) is 13.8 Å². The molecule has 3 heteroatoms. The van der Waals surface area contributed by atoms with Crippen molar-refractivity contribution in [2.24, 2.45) is 16.2 Å². The van der Waals surface area contributed by atoms with Gasteiger partial charge in [-0.3, -0.25) is 4.79 Å². The standard InChI is InChI=1S/C16H24N2O/c1-5-6-7-8-15(3)9-14(2,11-17)10-16(4,12-18)13(15)19/h5-10H2,1-4H3. The molecule has 3 atom stereocenters. The molecule has 1 rings (SSSR count). The molecule has 0 aliphatic heterocycles. The van der Waals surface area contributed by atoms with E-state index < -0.39 is 16.2 Å². The first-order valence-electron chi connectivity index (χ1n) is 7.13. The molecule has 0 aromatic carbocycles. The van der Waals surface area contributed by atoms with E-state index >= 15 is 0 Å². The Morgan fingerprint density at radius 2 is 1.74 bits per heavy atom. The van der Waals surface area contributed by atoms with Gasteiger partial charge in [0, 0.05) is 5.41 Å². The van der Waals surface area contributed by atoms with E-state index in [-0.39, 0.29) is 5.78 Å². The maximum absolute atomic E-state index is 12.7. The van der Waals surface area contributed by atoms with E-state index in [0.717, 1.165) is 25.7 Å². The third kappa shape index (κ3) is 2.98. The molecule has 0 spiro atoms. The Bertz CT molecular complexity index is 445. The molecule has 0 radical (unpaired) electrons. The van der Waals surface area contributed by atoms with Gasteiger partial charge in [0.1, 0.15) is 5.41 Å². The summed E-state index contributed by atoms with van der Waals surface area (Å²) >= 11 is 0. The Balaban J connectivity index is 3.06. The van der Waals surface area contributed by atoms with Crippen LogP contribution in [0, 0.1) is 38.9 Å². The molecule has 1 saturated carbocycles. The Morgan fingerprint density at radius 1 is 1.11 bits per heavy atom. The van der Waals surface area contributed by atoms with Crippen molar-refractivity contribution in [3.63, 3.8) is 0 Å². The zero-order chi connectivity index (χ0) is 14.7. The maximum Gasteiger partial charge on any atom is 0.158 e. The van der Waals surface area contributed by atoms with Crippen molar-refractivity contribution in [3.05, 3.63) is 0 Å². The molecule has 19 heavy (non-hydrogen) atoms. The molecule has 0 bridgehead atoms. The third-order valence-electron chi connectivity index (χ3n) is 4.42. The van der Waals surface area contributed by atoms with E-state index in [4.69, 9.17) is 0 Å². The SMILES string of the molecule is CCCCCC1(C)CC(C)(C#N)CC(C)(C#N)C1=O. The van der Waals surface area contributed by atoms with Gasteiger partial charge >= 0.3 is 0 Å². The van der Waals surface area contributed by atoms with Gasteiger partial charge in [-0.2, -0.15) is 10.5 Å². The molecule has 1 aliphatic carbocycles. The summed E-state index contributed by atoms with van der Waals surface area (Å²) in [4.78, 5) is 12.7. The molecule has 3 unspecified atom stereocenters. The lowest BCUT2D eigenvalue weighted by Crippen LogP contribution is -2.50. The van der Waals surface area contributed by atoms with Crippen LogP contribution in [0.25, 0.3) is 0 Å². The largest absolute Gasteiger partial charge is 0.297 e. The fourth-order valence-corrected chi connectivity index (χ4v) is 3.67. The number of rotatable bonds is 4. The molecular formula is C16H24N2O. The van der Waals surface area contributed by atoms with E-state index in [2.05, 4.69) is 19.1 Å². The first kappa shape index (κ1) is 15.7. The third-order valence-corrected chi connectivity index (χ3v) is 4.42. The normalized spacial score (nSPS) is 38.5. The van der Waals surface area contributed by atoms with Gasteiger partial charge in [-0.05, 0) is 33.1 Å². The van der Waals surface area contributed by atoms with Gasteiger partial charge in [-0.1, -0.05) is 33.1 Å². The van der Waals surface area contributed by atoms with E-state index in [1.165, 1.54) is 0 Å². The zero-order valence-corrected chi connectivity index (χ0v) is 12.5. The van der Waals surface area contributed by atoms with E-state index in [1.54, 1.807) is 6.92 Å². The first-order chi connectivity index (χ1) is 8.75. The topological polar surface area (TPSA) is 64.7 Å². The molecule has 0 saturated heterocycles. The van der Waals surface area contributed by atoms with Gasteiger partial charge in [-0.25, -0.2) is 0 Å². The van der Waals surface area contributed by atoms with Gasteiger partial charge in [0.05, 0.1) is 17.6 Å². The average molecular weight is 260 g/mol. The molecule has 0 aromatic rings. The van der Waals surface area contributed by atoms with Crippen LogP contribution in [0.3, 0.4) is 0 Å². The van der Waals surface area contributed by atoms with Gasteiger partial charge in [-0.15, -0.1) is 0 Å². The number of unbranched alkanes of at least 4 members (excludes halogenated alkanes) is 2. The second-order valence-corrected chi connectivity index (χ2v) is 6.82. The lowest BCUT2D eigenvalue weighted by atomic mass is 9.53. The van der Waals surface area contributed by atoms with Crippen molar-refractivity contribution in [2.45, 2.75) is 66.2 Å². The Kier molecular flexibility index (Phi) is 4.41. The predicted molar refractivity (Wildman–Crippen MR) is 73.9 cm³/mol. The van der Waals surface area contributed by atoms with Crippen molar-refractivity contribution in [1.82, 2.24) is 0 Å². The highest BCUT2D eigenvalue weighted by molar-refractivity contribution is 5.93. The van der Waals surface area contributed by atoms with Gasteiger partial charge in [0.15, 0.2) is 5.78 Å². The summed E-state index contributed by atoms with van der Waals surface area (Å²) in [5.74, 6) is 0.0336. The molecule has 3 nitrogen and oxygen atoms in total. The number of nitriles is 2. The number of nitrogens with zero attached hydrogens (tertiary/aromatic N) is 2. The second-order valence-electron chi connectivity index (χ2n) is 6.82. The lowest BCUT2D eigenvalue weighted by molar-refractivity contribution is -0.143. The van der Waals surface area contributed by atoms with Crippen LogP contribution in [-0.2, 0) is 4.79 Å². The molecule has 1 aliphatic rings. The highest BCUT2D eigenvalue weighted by Crippen LogP contribution is 2.53. The van der Waals surface area contributed by atoms with Gasteiger partial charge in [0.25, 0.3) is 0 Å². The molecule has 0 N–H and O–H groups in total. The van der Waals surface area contributed by atoms with Crippen molar-refractivity contribution >= 4 is 5.78 Å². The molecular weight excluding hydrogens is 236 g/mol. The summed E-state index contributed by atoms with van der Waals surface area (Å²) in [7, 11) is 0. The number of carbonyl (C=O) groups is 1. The number of hydrogen-bond acceptors (Lipinski definition) is 3. The predicted octanol–water partition coefficient (Wildman–Crippen LogP) is 4.00. The molecule has 0 amide bonds. The van der Waals surface area contributed by atoms with Gasteiger partial charge < -0.3 is 0 Å². The van der Waals surface area contributed by atoms with Crippen LogP contribution in [0.2, 0.25) is 0 Å². The minimum Gasteiger partial charge on any atom is -0.297 e. The van der Waals surface area contributed by atoms with Crippen molar-refractivity contribution < 1.29 is 4.79 Å². The summed E-state index contributed by atoms with van der Waals surface area (Å²) in [6.07, 6.45) is 4.91. The fraction of sp³-hybridized carbons (Fsp3) is 0.812. The number of Topliss-reactive ketones (excluding diaryl/α,β-unsaturated/α-hetero) is 1. The molecule has 0 heterocycles. The van der Waals surface area contributed by atoms with Crippen LogP contribution in [0.1, 0.15) is 66.2 Å². The van der Waals surface area contributed by atoms with Crippen molar-refractivity contribution in [1.29, 1.82) is 10.5 Å². The minimum absolute atomic E-state index is 0.0336. The lowest BCUT2D eigenvalue weighted by Gasteiger charge is -2.46. The van der Waals surface area contributed by atoms with Crippen LogP contribution < -0.4 is 0 Å². The molecule has 1 fully saturated rings. The van der Waals surface area contributed by atoms with Crippen molar-refractivity contribution in [3.8, 4) is 12.1 Å². The van der Waals surface area contributed by atoms with E-state index in [0.29, 0.717) is 12.8 Å². The van der Waals surface area contributed by atoms with E-state index in [9.17, 15) is 15.3 Å². The van der Waals surface area contributed by atoms with Crippen LogP contribution in [0.5, 0.6) is 0 Å². The summed E-state index contributed by atoms with van der Waals surface area (Å²) in [5, 5.41) is 18.8. The van der Waals surface area contributed by atoms with Gasteiger partial charge in [0.2, 0.25) is 0 Å². The summed E-state index contributed by atoms with van der Waals surface area (Å²) in [6.45, 7) is 7.65. The smallest absolute Gasteiger partial charge is 0.158 e. The maximum atomic E-state index is 12.7. The number of ketones is 1. The minimum atomic E-state index is -1.01. The summed E-state index contributed by atoms with van der Waals surface area (Å²) < 4.78 is 0. The summed E-state index contributed by atoms with van der Waals surface area (Å²) in [6, 6.07) is 4.50. The Morgan fingerprint density at radius 3 is 2.21 bits per heavy atom. The Labute approximate surface area is 116 Å². The number of hydrogen-bond donors (Lipinski definition) is 0. The number of carbonyl (C=O) groups excluding carboxylic acids is 1. The summed E-state index contributed by atoms with van der Waals surface area (Å²) in [5.41, 5.74) is -2.11. The highest BCUT2D eigenvalue weighted by atomic mass is 16.1. The fourth-order valence-electron chi connectivity index (χ4n) is 3.67.